The van der Waals surface area contributed by atoms with E-state index in [9.17, 15) is 9.18 Å². The largest absolute Gasteiger partial charge is 0.369 e. The summed E-state index contributed by atoms with van der Waals surface area (Å²) in [6, 6.07) is 17.4. The minimum absolute atomic E-state index is 0.193. The molecule has 154 valence electrons. The van der Waals surface area contributed by atoms with Crippen molar-refractivity contribution in [3.8, 4) is 0 Å². The molecule has 29 heavy (non-hydrogen) atoms. The standard InChI is InChI=1S/C23H29FN4O/c24-21-8-4-5-9-22(21)27-16-18-28(19-17-27)23(29)10-11-25-12-14-26(15-13-25)20-6-2-1-3-7-20/h1-9H,10-19H2. The number of carbonyl (C=O) groups excluding carboxylic acids is 1. The van der Waals surface area contributed by atoms with E-state index in [1.165, 1.54) is 11.8 Å². The molecule has 2 fully saturated rings. The van der Waals surface area contributed by atoms with Crippen LogP contribution in [0, 0.1) is 5.82 Å². The summed E-state index contributed by atoms with van der Waals surface area (Å²) >= 11 is 0. The topological polar surface area (TPSA) is 30.0 Å². The van der Waals surface area contributed by atoms with Crippen molar-refractivity contribution in [2.24, 2.45) is 0 Å². The van der Waals surface area contributed by atoms with Crippen LogP contribution in [0.2, 0.25) is 0 Å². The first-order valence-electron chi connectivity index (χ1n) is 10.5. The Morgan fingerprint density at radius 1 is 0.759 bits per heavy atom. The highest BCUT2D eigenvalue weighted by atomic mass is 19.1. The van der Waals surface area contributed by atoms with Crippen LogP contribution in [0.3, 0.4) is 0 Å². The maximum Gasteiger partial charge on any atom is 0.223 e. The zero-order valence-electron chi connectivity index (χ0n) is 16.8. The first-order chi connectivity index (χ1) is 14.2. The van der Waals surface area contributed by atoms with Gasteiger partial charge in [-0.2, -0.15) is 0 Å². The molecular formula is C23H29FN4O. The summed E-state index contributed by atoms with van der Waals surface area (Å²) in [5, 5.41) is 0. The quantitative estimate of drug-likeness (QED) is 0.777. The highest BCUT2D eigenvalue weighted by Gasteiger charge is 2.24. The molecule has 5 nitrogen and oxygen atoms in total. The van der Waals surface area contributed by atoms with Gasteiger partial charge in [0.1, 0.15) is 5.82 Å². The second kappa shape index (κ2) is 9.27. The molecule has 0 atom stereocenters. The monoisotopic (exact) mass is 396 g/mol. The van der Waals surface area contributed by atoms with Gasteiger partial charge in [0.25, 0.3) is 0 Å². The summed E-state index contributed by atoms with van der Waals surface area (Å²) in [5.41, 5.74) is 1.91. The van der Waals surface area contributed by atoms with E-state index in [-0.39, 0.29) is 11.7 Å². The molecule has 2 heterocycles. The predicted octanol–water partition coefficient (Wildman–Crippen LogP) is 2.69. The van der Waals surface area contributed by atoms with Crippen LogP contribution in [0.4, 0.5) is 15.8 Å². The molecule has 0 bridgehead atoms. The smallest absolute Gasteiger partial charge is 0.223 e. The van der Waals surface area contributed by atoms with Crippen molar-refractivity contribution in [1.29, 1.82) is 0 Å². The molecule has 0 spiro atoms. The summed E-state index contributed by atoms with van der Waals surface area (Å²) in [6.07, 6.45) is 0.561. The van der Waals surface area contributed by atoms with E-state index in [4.69, 9.17) is 0 Å². The van der Waals surface area contributed by atoms with Crippen LogP contribution >= 0.6 is 0 Å². The van der Waals surface area contributed by atoms with Gasteiger partial charge in [0.2, 0.25) is 5.91 Å². The molecule has 0 saturated carbocycles. The zero-order chi connectivity index (χ0) is 20.1. The molecule has 6 heteroatoms. The van der Waals surface area contributed by atoms with Gasteiger partial charge in [0, 0.05) is 71.0 Å². The van der Waals surface area contributed by atoms with Gasteiger partial charge in [-0.05, 0) is 24.3 Å². The van der Waals surface area contributed by atoms with Gasteiger partial charge in [-0.3, -0.25) is 9.69 Å². The lowest BCUT2D eigenvalue weighted by Crippen LogP contribution is -2.50. The molecule has 0 aliphatic carbocycles. The molecule has 0 unspecified atom stereocenters. The van der Waals surface area contributed by atoms with Gasteiger partial charge in [0.15, 0.2) is 0 Å². The molecule has 0 N–H and O–H groups in total. The lowest BCUT2D eigenvalue weighted by atomic mass is 10.2. The van der Waals surface area contributed by atoms with E-state index in [1.807, 2.05) is 28.0 Å². The summed E-state index contributed by atoms with van der Waals surface area (Å²) in [7, 11) is 0. The highest BCUT2D eigenvalue weighted by Crippen LogP contribution is 2.20. The number of para-hydroxylation sites is 2. The van der Waals surface area contributed by atoms with E-state index in [0.717, 1.165) is 32.7 Å². The Morgan fingerprint density at radius 2 is 1.38 bits per heavy atom. The van der Waals surface area contributed by atoms with Crippen LogP contribution in [0.5, 0.6) is 0 Å². The molecule has 4 rings (SSSR count). The highest BCUT2D eigenvalue weighted by molar-refractivity contribution is 5.76. The number of piperazine rings is 2. The van der Waals surface area contributed by atoms with Crippen molar-refractivity contribution >= 4 is 17.3 Å². The Balaban J connectivity index is 1.19. The molecule has 0 aromatic heterocycles. The van der Waals surface area contributed by atoms with Crippen molar-refractivity contribution in [2.75, 3.05) is 68.7 Å². The van der Waals surface area contributed by atoms with Crippen LogP contribution < -0.4 is 9.80 Å². The van der Waals surface area contributed by atoms with Crippen molar-refractivity contribution in [3.05, 3.63) is 60.4 Å². The van der Waals surface area contributed by atoms with Gasteiger partial charge in [-0.25, -0.2) is 4.39 Å². The van der Waals surface area contributed by atoms with E-state index < -0.39 is 0 Å². The molecule has 2 aromatic carbocycles. The van der Waals surface area contributed by atoms with Crippen molar-refractivity contribution < 1.29 is 9.18 Å². The second-order valence-electron chi connectivity index (χ2n) is 7.73. The minimum Gasteiger partial charge on any atom is -0.369 e. The predicted molar refractivity (Wildman–Crippen MR) is 115 cm³/mol. The maximum atomic E-state index is 14.0. The third-order valence-corrected chi connectivity index (χ3v) is 5.96. The van der Waals surface area contributed by atoms with Gasteiger partial charge >= 0.3 is 0 Å². The normalized spacial score (nSPS) is 18.2. The Hall–Kier alpha value is -2.60. The number of carbonyl (C=O) groups is 1. The maximum absolute atomic E-state index is 14.0. The number of hydrogen-bond donors (Lipinski definition) is 0. The van der Waals surface area contributed by atoms with E-state index in [2.05, 4.69) is 34.1 Å². The Labute approximate surface area is 172 Å². The third-order valence-electron chi connectivity index (χ3n) is 5.96. The third kappa shape index (κ3) is 4.88. The van der Waals surface area contributed by atoms with Gasteiger partial charge in [-0.1, -0.05) is 30.3 Å². The molecule has 2 aliphatic heterocycles. The van der Waals surface area contributed by atoms with Crippen LogP contribution in [-0.2, 0) is 4.79 Å². The van der Waals surface area contributed by atoms with Crippen molar-refractivity contribution in [2.45, 2.75) is 6.42 Å². The fraction of sp³-hybridized carbons (Fsp3) is 0.435. The van der Waals surface area contributed by atoms with Gasteiger partial charge < -0.3 is 14.7 Å². The summed E-state index contributed by atoms with van der Waals surface area (Å²) in [5.74, 6) is 0.0191. The minimum atomic E-state index is -0.193. The first-order valence-corrected chi connectivity index (χ1v) is 10.5. The lowest BCUT2D eigenvalue weighted by molar-refractivity contribution is -0.131. The molecule has 2 aliphatic rings. The number of hydrogen-bond acceptors (Lipinski definition) is 4. The molecule has 2 aromatic rings. The average molecular weight is 397 g/mol. The number of amides is 1. The first kappa shape index (κ1) is 19.7. The summed E-state index contributed by atoms with van der Waals surface area (Å²) in [4.78, 5) is 21.4. The molecule has 1 amide bonds. The Kier molecular flexibility index (Phi) is 6.30. The van der Waals surface area contributed by atoms with Gasteiger partial charge in [-0.15, -0.1) is 0 Å². The van der Waals surface area contributed by atoms with Crippen LogP contribution in [0.25, 0.3) is 0 Å². The number of rotatable bonds is 5. The van der Waals surface area contributed by atoms with Crippen LogP contribution in [0.1, 0.15) is 6.42 Å². The van der Waals surface area contributed by atoms with Crippen molar-refractivity contribution in [1.82, 2.24) is 9.80 Å². The fourth-order valence-corrected chi connectivity index (χ4v) is 4.19. The number of halogens is 1. The van der Waals surface area contributed by atoms with E-state index in [1.54, 1.807) is 6.07 Å². The lowest BCUT2D eigenvalue weighted by Gasteiger charge is -2.38. The molecule has 0 radical (unpaired) electrons. The van der Waals surface area contributed by atoms with Crippen LogP contribution in [0.15, 0.2) is 54.6 Å². The number of anilines is 2. The summed E-state index contributed by atoms with van der Waals surface area (Å²) < 4.78 is 14.0. The fourth-order valence-electron chi connectivity index (χ4n) is 4.19. The Bertz CT molecular complexity index is 800. The van der Waals surface area contributed by atoms with Crippen molar-refractivity contribution in [3.63, 3.8) is 0 Å². The number of nitrogens with zero attached hydrogens (tertiary/aromatic N) is 4. The van der Waals surface area contributed by atoms with Gasteiger partial charge in [0.05, 0.1) is 5.69 Å². The molecule has 2 saturated heterocycles. The Morgan fingerprint density at radius 3 is 2.07 bits per heavy atom. The summed E-state index contributed by atoms with van der Waals surface area (Å²) in [6.45, 7) is 7.48. The van der Waals surface area contributed by atoms with E-state index in [0.29, 0.717) is 38.3 Å². The van der Waals surface area contributed by atoms with Crippen LogP contribution in [-0.4, -0.2) is 74.6 Å². The number of benzene rings is 2. The SMILES string of the molecule is O=C(CCN1CCN(c2ccccc2)CC1)N1CCN(c2ccccc2F)CC1. The second-order valence-corrected chi connectivity index (χ2v) is 7.73. The average Bonchev–Trinajstić information content (AvgIpc) is 2.79. The molecular weight excluding hydrogens is 367 g/mol. The zero-order valence-corrected chi connectivity index (χ0v) is 16.8. The van der Waals surface area contributed by atoms with E-state index >= 15 is 0 Å².